The summed E-state index contributed by atoms with van der Waals surface area (Å²) in [6.07, 6.45) is -2.46. The topological polar surface area (TPSA) is 130 Å². The summed E-state index contributed by atoms with van der Waals surface area (Å²) in [6, 6.07) is 4.48. The van der Waals surface area contributed by atoms with Crippen molar-refractivity contribution in [2.24, 2.45) is 0 Å². The van der Waals surface area contributed by atoms with Crippen LogP contribution < -0.4 is 24.3 Å². The predicted molar refractivity (Wildman–Crippen MR) is 178 cm³/mol. The Morgan fingerprint density at radius 3 is 2.53 bits per heavy atom. The predicted octanol–water partition coefficient (Wildman–Crippen LogP) is 4.72. The van der Waals surface area contributed by atoms with Crippen molar-refractivity contribution in [3.63, 3.8) is 0 Å². The number of alkyl halides is 3. The van der Waals surface area contributed by atoms with E-state index in [0.717, 1.165) is 29.3 Å². The van der Waals surface area contributed by atoms with Crippen LogP contribution in [0.15, 0.2) is 36.4 Å². The molecule has 4 aliphatic heterocycles. The average molecular weight is 710 g/mol. The lowest BCUT2D eigenvalue weighted by Crippen LogP contribution is -2.69. The van der Waals surface area contributed by atoms with E-state index in [2.05, 4.69) is 5.32 Å². The van der Waals surface area contributed by atoms with Gasteiger partial charge in [-0.2, -0.15) is 13.2 Å². The van der Waals surface area contributed by atoms with Crippen molar-refractivity contribution in [1.82, 2.24) is 15.1 Å². The Morgan fingerprint density at radius 1 is 1.08 bits per heavy atom. The minimum absolute atomic E-state index is 0.0107. The third-order valence-corrected chi connectivity index (χ3v) is 10.5. The first-order valence-electron chi connectivity index (χ1n) is 16.5. The molecule has 270 valence electrons. The molecule has 14 heteroatoms. The van der Waals surface area contributed by atoms with Gasteiger partial charge in [0.05, 0.1) is 30.8 Å². The average Bonchev–Trinajstić information content (AvgIpc) is 3.57. The van der Waals surface area contributed by atoms with Gasteiger partial charge in [0.2, 0.25) is 12.7 Å². The number of phenolic OH excluding ortho intramolecular Hbond substituents is 1. The van der Waals surface area contributed by atoms with Gasteiger partial charge in [-0.15, -0.1) is 0 Å². The molecule has 0 spiro atoms. The molecule has 0 radical (unpaired) electrons. The fourth-order valence-corrected chi connectivity index (χ4v) is 8.37. The number of hydrogen-bond acceptors (Lipinski definition) is 10. The highest BCUT2D eigenvalue weighted by Crippen LogP contribution is 2.58. The summed E-state index contributed by atoms with van der Waals surface area (Å²) in [5.41, 5.74) is 3.45. The summed E-state index contributed by atoms with van der Waals surface area (Å²) in [5.74, 6) is 0.325. The Balaban J connectivity index is 1.33. The SMILES string of the molecule is COc1c(C)cc2c(c1O)[C@H]1[C@@H]3Cc4c(OC(C)=O)c(C)c5c(c4[C@H](CNC(=O)/C=C/c4cccc(C(F)(F)F)c4)N3[C@@H](O)[C@H](C2)N1C)OCO5. The van der Waals surface area contributed by atoms with E-state index < -0.39 is 54.0 Å². The summed E-state index contributed by atoms with van der Waals surface area (Å²) in [5, 5.41) is 26.7. The van der Waals surface area contributed by atoms with Gasteiger partial charge < -0.3 is 34.5 Å². The first-order chi connectivity index (χ1) is 24.2. The number of fused-ring (bicyclic) bond motifs is 9. The van der Waals surface area contributed by atoms with Crippen molar-refractivity contribution in [2.45, 2.75) is 70.2 Å². The van der Waals surface area contributed by atoms with E-state index in [0.29, 0.717) is 51.7 Å². The number of aromatic hydroxyl groups is 1. The molecule has 1 fully saturated rings. The lowest BCUT2D eigenvalue weighted by atomic mass is 9.73. The molecular weight excluding hydrogens is 671 g/mol. The van der Waals surface area contributed by atoms with Gasteiger partial charge in [-0.25, -0.2) is 0 Å². The van der Waals surface area contributed by atoms with Gasteiger partial charge in [0.25, 0.3) is 0 Å². The van der Waals surface area contributed by atoms with E-state index in [-0.39, 0.29) is 31.1 Å². The zero-order chi connectivity index (χ0) is 36.5. The summed E-state index contributed by atoms with van der Waals surface area (Å²) in [4.78, 5) is 29.7. The van der Waals surface area contributed by atoms with Crippen molar-refractivity contribution in [3.05, 3.63) is 80.9 Å². The number of methoxy groups -OCH3 is 1. The molecule has 4 heterocycles. The van der Waals surface area contributed by atoms with Crippen LogP contribution in [0.25, 0.3) is 6.08 Å². The molecule has 2 bridgehead atoms. The van der Waals surface area contributed by atoms with E-state index >= 15 is 0 Å². The van der Waals surface area contributed by atoms with Crippen LogP contribution in [0.2, 0.25) is 0 Å². The number of phenols is 1. The Bertz CT molecular complexity index is 1960. The fourth-order valence-electron chi connectivity index (χ4n) is 8.37. The highest BCUT2D eigenvalue weighted by atomic mass is 19.4. The second-order valence-corrected chi connectivity index (χ2v) is 13.4. The van der Waals surface area contributed by atoms with Crippen molar-refractivity contribution in [2.75, 3.05) is 27.5 Å². The van der Waals surface area contributed by atoms with Crippen LogP contribution in [-0.4, -0.2) is 77.7 Å². The molecule has 1 amide bonds. The van der Waals surface area contributed by atoms with Gasteiger partial charge in [0, 0.05) is 47.8 Å². The Morgan fingerprint density at radius 2 is 1.82 bits per heavy atom. The number of hydrogen-bond donors (Lipinski definition) is 3. The summed E-state index contributed by atoms with van der Waals surface area (Å²) in [7, 11) is 3.39. The van der Waals surface area contributed by atoms with E-state index in [9.17, 15) is 33.0 Å². The number of esters is 1. The molecule has 3 N–H and O–H groups in total. The molecule has 7 rings (SSSR count). The Labute approximate surface area is 292 Å². The zero-order valence-electron chi connectivity index (χ0n) is 28.6. The first kappa shape index (κ1) is 34.6. The normalized spacial score (nSPS) is 23.7. The van der Waals surface area contributed by atoms with E-state index in [1.807, 2.05) is 29.8 Å². The van der Waals surface area contributed by atoms with Crippen LogP contribution in [0.5, 0.6) is 28.7 Å². The molecule has 11 nitrogen and oxygen atoms in total. The monoisotopic (exact) mass is 709 g/mol. The molecule has 4 aliphatic rings. The Hall–Kier alpha value is -4.79. The number of likely N-dealkylation sites (N-methyl/N-ethyl adjacent to an activating group) is 1. The number of nitrogens with zero attached hydrogens (tertiary/aromatic N) is 2. The highest BCUT2D eigenvalue weighted by Gasteiger charge is 2.56. The van der Waals surface area contributed by atoms with E-state index in [4.69, 9.17) is 18.9 Å². The van der Waals surface area contributed by atoms with Gasteiger partial charge in [0.15, 0.2) is 23.0 Å². The van der Waals surface area contributed by atoms with Crippen LogP contribution in [0.4, 0.5) is 13.2 Å². The number of aliphatic hydroxyl groups excluding tert-OH is 1. The van der Waals surface area contributed by atoms with Gasteiger partial charge in [-0.3, -0.25) is 19.4 Å². The molecule has 0 aromatic heterocycles. The number of carbonyl (C=O) groups excluding carboxylic acids is 2. The van der Waals surface area contributed by atoms with Gasteiger partial charge in [-0.1, -0.05) is 18.2 Å². The van der Waals surface area contributed by atoms with Crippen molar-refractivity contribution >= 4 is 18.0 Å². The maximum Gasteiger partial charge on any atom is 0.416 e. The lowest BCUT2D eigenvalue weighted by molar-refractivity contribution is -0.172. The van der Waals surface area contributed by atoms with Crippen LogP contribution >= 0.6 is 0 Å². The molecule has 3 aromatic carbocycles. The number of carbonyl (C=O) groups is 2. The van der Waals surface area contributed by atoms with Crippen molar-refractivity contribution < 1.29 is 51.9 Å². The number of piperazine rings is 1. The van der Waals surface area contributed by atoms with Gasteiger partial charge in [0.1, 0.15) is 12.0 Å². The number of aryl methyl sites for hydroxylation is 1. The quantitative estimate of drug-likeness (QED) is 0.188. The minimum atomic E-state index is -4.53. The molecule has 0 saturated carbocycles. The maximum atomic E-state index is 13.3. The lowest BCUT2D eigenvalue weighted by Gasteiger charge is -2.60. The summed E-state index contributed by atoms with van der Waals surface area (Å²) < 4.78 is 63.1. The molecule has 51 heavy (non-hydrogen) atoms. The molecule has 0 aliphatic carbocycles. The number of halogens is 3. The van der Waals surface area contributed by atoms with Gasteiger partial charge >= 0.3 is 12.1 Å². The third-order valence-electron chi connectivity index (χ3n) is 10.5. The second kappa shape index (κ2) is 12.8. The number of amides is 1. The smallest absolute Gasteiger partial charge is 0.416 e. The molecular formula is C37H38F3N3O8. The summed E-state index contributed by atoms with van der Waals surface area (Å²) in [6.45, 7) is 4.76. The maximum absolute atomic E-state index is 13.3. The zero-order valence-corrected chi connectivity index (χ0v) is 28.6. The highest BCUT2D eigenvalue weighted by molar-refractivity contribution is 5.91. The number of nitrogens with one attached hydrogen (secondary N) is 1. The number of aliphatic hydroxyl groups is 1. The van der Waals surface area contributed by atoms with Crippen LogP contribution in [0.1, 0.15) is 63.5 Å². The molecule has 3 aromatic rings. The van der Waals surface area contributed by atoms with Crippen molar-refractivity contribution in [3.8, 4) is 28.7 Å². The number of benzene rings is 3. The van der Waals surface area contributed by atoms with Crippen LogP contribution in [0, 0.1) is 13.8 Å². The minimum Gasteiger partial charge on any atom is -0.504 e. The summed E-state index contributed by atoms with van der Waals surface area (Å²) >= 11 is 0. The molecule has 1 saturated heterocycles. The number of ether oxygens (including phenoxy) is 4. The van der Waals surface area contributed by atoms with E-state index in [1.165, 1.54) is 32.2 Å². The van der Waals surface area contributed by atoms with E-state index in [1.54, 1.807) is 6.92 Å². The van der Waals surface area contributed by atoms with Crippen molar-refractivity contribution in [1.29, 1.82) is 0 Å². The Kier molecular flexibility index (Phi) is 8.67. The molecule has 0 unspecified atom stereocenters. The number of rotatable bonds is 6. The van der Waals surface area contributed by atoms with Gasteiger partial charge in [-0.05, 0) is 68.6 Å². The molecule has 5 atom stereocenters. The third kappa shape index (κ3) is 5.75. The largest absolute Gasteiger partial charge is 0.504 e. The fraction of sp³-hybridized carbons (Fsp3) is 0.405. The second-order valence-electron chi connectivity index (χ2n) is 13.4. The standard InChI is InChI=1S/C37H38F3N3O8/c1-17-11-21-13-25-36(47)43-24(30(42(25)4)28(21)31(46)32(17)48-5)14-23-29(35-34(49-16-50-35)18(2)33(23)51-19(3)44)26(43)15-41-27(45)10-9-20-7-6-8-22(12-20)37(38,39)40/h6-12,24-26,30,36,46-47H,13-16H2,1-5H3,(H,41,45)/b10-9+/t24-,25-,26-,30+,36-/m0/s1. The van der Waals surface area contributed by atoms with Crippen LogP contribution in [0.3, 0.4) is 0 Å². The first-order valence-corrected chi connectivity index (χ1v) is 16.5. The van der Waals surface area contributed by atoms with Crippen LogP contribution in [-0.2, 0) is 28.6 Å².